The van der Waals surface area contributed by atoms with Gasteiger partial charge in [-0.05, 0) is 35.4 Å². The second-order valence-corrected chi connectivity index (χ2v) is 4.20. The highest BCUT2D eigenvalue weighted by molar-refractivity contribution is 5.69. The minimum absolute atomic E-state index is 0.00637. The Balaban J connectivity index is 2.30. The van der Waals surface area contributed by atoms with Gasteiger partial charge in [0.25, 0.3) is 0 Å². The van der Waals surface area contributed by atoms with Gasteiger partial charge in [0, 0.05) is 11.9 Å². The first-order valence-electron chi connectivity index (χ1n) is 6.14. The molecule has 0 aliphatic rings. The second-order valence-electron chi connectivity index (χ2n) is 4.20. The molecule has 0 aliphatic heterocycles. The van der Waals surface area contributed by atoms with Crippen molar-refractivity contribution in [3.63, 3.8) is 0 Å². The van der Waals surface area contributed by atoms with Gasteiger partial charge in [0.1, 0.15) is 17.7 Å². The molecular weight excluding hydrogens is 260 g/mol. The summed E-state index contributed by atoms with van der Waals surface area (Å²) in [6, 6.07) is 20.5. The molecule has 0 fully saturated rings. The maximum absolute atomic E-state index is 8.93. The largest absolute Gasteiger partial charge is 0.360 e. The fourth-order valence-electron chi connectivity index (χ4n) is 1.80. The molecule has 1 N–H and O–H groups in total. The van der Waals surface area contributed by atoms with Gasteiger partial charge in [0.05, 0.1) is 11.6 Å². The molecule has 4 nitrogen and oxygen atoms in total. The van der Waals surface area contributed by atoms with Gasteiger partial charge in [0.15, 0.2) is 0 Å². The van der Waals surface area contributed by atoms with Gasteiger partial charge >= 0.3 is 0 Å². The standard InChI is InChI=1S/C17H10N4/c18-9-13-3-1-4-15(7-13)16-5-2-6-17(8-16)21-12-14(10-19)11-20/h1-8,12,21H. The zero-order chi connectivity index (χ0) is 15.1. The van der Waals surface area contributed by atoms with Crippen LogP contribution in [0.2, 0.25) is 0 Å². The molecular formula is C17H10N4. The molecule has 2 rings (SSSR count). The van der Waals surface area contributed by atoms with Gasteiger partial charge in [-0.3, -0.25) is 0 Å². The third kappa shape index (κ3) is 3.47. The molecule has 21 heavy (non-hydrogen) atoms. The number of nitriles is 3. The summed E-state index contributed by atoms with van der Waals surface area (Å²) < 4.78 is 0. The molecule has 0 saturated carbocycles. The summed E-state index contributed by atoms with van der Waals surface area (Å²) in [4.78, 5) is 0. The molecule has 2 aromatic rings. The van der Waals surface area contributed by atoms with Crippen LogP contribution >= 0.6 is 0 Å². The van der Waals surface area contributed by atoms with Crippen LogP contribution in [0.15, 0.2) is 60.3 Å². The number of hydrogen-bond acceptors (Lipinski definition) is 4. The Hall–Kier alpha value is -3.55. The lowest BCUT2D eigenvalue weighted by Crippen LogP contribution is -1.90. The monoisotopic (exact) mass is 270 g/mol. The van der Waals surface area contributed by atoms with Crippen molar-refractivity contribution in [2.45, 2.75) is 0 Å². The van der Waals surface area contributed by atoms with Crippen LogP contribution in [0.5, 0.6) is 0 Å². The van der Waals surface area contributed by atoms with E-state index in [0.29, 0.717) is 5.56 Å². The maximum Gasteiger partial charge on any atom is 0.145 e. The van der Waals surface area contributed by atoms with E-state index in [1.165, 1.54) is 6.20 Å². The van der Waals surface area contributed by atoms with E-state index in [-0.39, 0.29) is 5.57 Å². The summed E-state index contributed by atoms with van der Waals surface area (Å²) in [6.45, 7) is 0. The van der Waals surface area contributed by atoms with Crippen LogP contribution in [0.25, 0.3) is 11.1 Å². The third-order valence-corrected chi connectivity index (χ3v) is 2.81. The molecule has 0 amide bonds. The molecule has 4 heteroatoms. The van der Waals surface area contributed by atoms with Crippen LogP contribution in [0.4, 0.5) is 5.69 Å². The molecule has 0 radical (unpaired) electrons. The summed E-state index contributed by atoms with van der Waals surface area (Å²) in [5.41, 5.74) is 3.25. The zero-order valence-electron chi connectivity index (χ0n) is 11.0. The average Bonchev–Trinajstić information content (AvgIpc) is 2.56. The molecule has 0 saturated heterocycles. The highest BCUT2D eigenvalue weighted by Crippen LogP contribution is 2.23. The van der Waals surface area contributed by atoms with Crippen molar-refractivity contribution in [2.24, 2.45) is 0 Å². The van der Waals surface area contributed by atoms with Crippen molar-refractivity contribution in [3.8, 4) is 29.3 Å². The average molecular weight is 270 g/mol. The zero-order valence-corrected chi connectivity index (χ0v) is 11.0. The molecule has 0 spiro atoms. The van der Waals surface area contributed by atoms with E-state index >= 15 is 0 Å². The first-order chi connectivity index (χ1) is 10.3. The Bertz CT molecular complexity index is 798. The van der Waals surface area contributed by atoms with Gasteiger partial charge in [-0.2, -0.15) is 15.8 Å². The number of nitrogens with one attached hydrogen (secondary N) is 1. The highest BCUT2D eigenvalue weighted by Gasteiger charge is 2.00. The van der Waals surface area contributed by atoms with E-state index in [9.17, 15) is 0 Å². The normalized spacial score (nSPS) is 8.81. The van der Waals surface area contributed by atoms with Crippen molar-refractivity contribution in [1.82, 2.24) is 0 Å². The van der Waals surface area contributed by atoms with E-state index in [4.69, 9.17) is 15.8 Å². The Labute approximate surface area is 122 Å². The number of hydrogen-bond donors (Lipinski definition) is 1. The fourth-order valence-corrected chi connectivity index (χ4v) is 1.80. The Morgan fingerprint density at radius 3 is 2.24 bits per heavy atom. The molecule has 98 valence electrons. The van der Waals surface area contributed by atoms with Crippen molar-refractivity contribution >= 4 is 5.69 Å². The molecule has 0 unspecified atom stereocenters. The lowest BCUT2D eigenvalue weighted by atomic mass is 10.0. The van der Waals surface area contributed by atoms with Crippen LogP contribution < -0.4 is 5.32 Å². The second kappa shape index (κ2) is 6.57. The molecule has 0 aliphatic carbocycles. The van der Waals surface area contributed by atoms with Gasteiger partial charge in [-0.15, -0.1) is 0 Å². The summed E-state index contributed by atoms with van der Waals surface area (Å²) in [7, 11) is 0. The third-order valence-electron chi connectivity index (χ3n) is 2.81. The molecule has 2 aromatic carbocycles. The number of rotatable bonds is 3. The minimum Gasteiger partial charge on any atom is -0.360 e. The van der Waals surface area contributed by atoms with Crippen molar-refractivity contribution < 1.29 is 0 Å². The van der Waals surface area contributed by atoms with Gasteiger partial charge in [0.2, 0.25) is 0 Å². The van der Waals surface area contributed by atoms with Gasteiger partial charge in [-0.25, -0.2) is 0 Å². The number of allylic oxidation sites excluding steroid dienone is 1. The lowest BCUT2D eigenvalue weighted by Gasteiger charge is -2.06. The van der Waals surface area contributed by atoms with Crippen LogP contribution in [0.1, 0.15) is 5.56 Å². The molecule has 0 heterocycles. The predicted molar refractivity (Wildman–Crippen MR) is 79.5 cm³/mol. The number of anilines is 1. The van der Waals surface area contributed by atoms with Crippen molar-refractivity contribution in [3.05, 3.63) is 65.9 Å². The smallest absolute Gasteiger partial charge is 0.145 e. The summed E-state index contributed by atoms with van der Waals surface area (Å²) in [5, 5.41) is 29.2. The van der Waals surface area contributed by atoms with Crippen molar-refractivity contribution in [2.75, 3.05) is 5.32 Å². The summed E-state index contributed by atoms with van der Waals surface area (Å²) in [5.74, 6) is 0. The van der Waals surface area contributed by atoms with E-state index in [2.05, 4.69) is 11.4 Å². The van der Waals surface area contributed by atoms with Crippen LogP contribution in [-0.2, 0) is 0 Å². The lowest BCUT2D eigenvalue weighted by molar-refractivity contribution is 1.44. The van der Waals surface area contributed by atoms with Crippen LogP contribution in [0, 0.1) is 34.0 Å². The summed E-state index contributed by atoms with van der Waals surface area (Å²) >= 11 is 0. The Morgan fingerprint density at radius 2 is 1.57 bits per heavy atom. The molecule has 0 bridgehead atoms. The van der Waals surface area contributed by atoms with Crippen LogP contribution in [0.3, 0.4) is 0 Å². The maximum atomic E-state index is 8.93. The van der Waals surface area contributed by atoms with Gasteiger partial charge < -0.3 is 5.32 Å². The Morgan fingerprint density at radius 1 is 0.905 bits per heavy atom. The van der Waals surface area contributed by atoms with Crippen LogP contribution in [-0.4, -0.2) is 0 Å². The number of benzene rings is 2. The molecule has 0 aromatic heterocycles. The van der Waals surface area contributed by atoms with Crippen molar-refractivity contribution in [1.29, 1.82) is 15.8 Å². The van der Waals surface area contributed by atoms with E-state index < -0.39 is 0 Å². The first kappa shape index (κ1) is 13.9. The Kier molecular flexibility index (Phi) is 4.34. The van der Waals surface area contributed by atoms with E-state index in [1.807, 2.05) is 42.5 Å². The molecule has 0 atom stereocenters. The highest BCUT2D eigenvalue weighted by atomic mass is 14.8. The van der Waals surface area contributed by atoms with E-state index in [1.54, 1.807) is 18.2 Å². The first-order valence-corrected chi connectivity index (χ1v) is 6.14. The quantitative estimate of drug-likeness (QED) is 0.864. The van der Waals surface area contributed by atoms with Gasteiger partial charge in [-0.1, -0.05) is 24.3 Å². The number of nitrogens with zero attached hydrogens (tertiary/aromatic N) is 3. The predicted octanol–water partition coefficient (Wildman–Crippen LogP) is 3.57. The van der Waals surface area contributed by atoms with E-state index in [0.717, 1.165) is 16.8 Å². The SMILES string of the molecule is N#CC(C#N)=CNc1cccc(-c2cccc(C#N)c2)c1. The minimum atomic E-state index is 0.00637. The fraction of sp³-hybridized carbons (Fsp3) is 0. The topological polar surface area (TPSA) is 83.4 Å². The summed E-state index contributed by atoms with van der Waals surface area (Å²) in [6.07, 6.45) is 1.37.